The Morgan fingerprint density at radius 1 is 1.16 bits per heavy atom. The summed E-state index contributed by atoms with van der Waals surface area (Å²) >= 11 is 3.46. The maximum atomic E-state index is 10.8. The number of halogens is 1. The standard InChI is InChI=1S/C15H14BrNO2/c1-17-14(12-3-2-4-13(16)9-12)10-5-7-11(8-6-10)15(18)19/h2-9,14,17H,1H3,(H,18,19). The maximum absolute atomic E-state index is 10.8. The molecule has 2 N–H and O–H groups in total. The molecule has 4 heteroatoms. The van der Waals surface area contributed by atoms with Gasteiger partial charge in [-0.25, -0.2) is 4.79 Å². The molecule has 98 valence electrons. The largest absolute Gasteiger partial charge is 0.478 e. The number of rotatable bonds is 4. The summed E-state index contributed by atoms with van der Waals surface area (Å²) in [5.74, 6) is -0.907. The van der Waals surface area contributed by atoms with Crippen LogP contribution in [0.1, 0.15) is 27.5 Å². The Labute approximate surface area is 120 Å². The third-order valence-corrected chi connectivity index (χ3v) is 3.45. The van der Waals surface area contributed by atoms with Gasteiger partial charge in [-0.15, -0.1) is 0 Å². The molecule has 2 aromatic rings. The van der Waals surface area contributed by atoms with Gasteiger partial charge in [0.15, 0.2) is 0 Å². The zero-order valence-electron chi connectivity index (χ0n) is 10.4. The van der Waals surface area contributed by atoms with Crippen LogP contribution < -0.4 is 5.32 Å². The summed E-state index contributed by atoms with van der Waals surface area (Å²) in [4.78, 5) is 10.8. The van der Waals surface area contributed by atoms with Crippen molar-refractivity contribution in [3.63, 3.8) is 0 Å². The SMILES string of the molecule is CNC(c1ccc(C(=O)O)cc1)c1cccc(Br)c1. The number of benzene rings is 2. The highest BCUT2D eigenvalue weighted by Crippen LogP contribution is 2.24. The monoisotopic (exact) mass is 319 g/mol. The fourth-order valence-electron chi connectivity index (χ4n) is 2.03. The maximum Gasteiger partial charge on any atom is 0.335 e. The second-order valence-corrected chi connectivity index (χ2v) is 5.12. The highest BCUT2D eigenvalue weighted by atomic mass is 79.9. The van der Waals surface area contributed by atoms with Gasteiger partial charge in [-0.1, -0.05) is 40.2 Å². The molecule has 0 aliphatic carbocycles. The van der Waals surface area contributed by atoms with E-state index >= 15 is 0 Å². The van der Waals surface area contributed by atoms with E-state index in [1.807, 2.05) is 43.4 Å². The zero-order chi connectivity index (χ0) is 13.8. The van der Waals surface area contributed by atoms with Crippen molar-refractivity contribution in [2.45, 2.75) is 6.04 Å². The molecule has 0 spiro atoms. The molecule has 0 heterocycles. The molecule has 0 fully saturated rings. The van der Waals surface area contributed by atoms with Crippen molar-refractivity contribution in [1.82, 2.24) is 5.32 Å². The van der Waals surface area contributed by atoms with Crippen molar-refractivity contribution in [2.75, 3.05) is 7.05 Å². The van der Waals surface area contributed by atoms with Crippen molar-refractivity contribution in [1.29, 1.82) is 0 Å². The number of hydrogen-bond acceptors (Lipinski definition) is 2. The average Bonchev–Trinajstić information content (AvgIpc) is 2.40. The van der Waals surface area contributed by atoms with Gasteiger partial charge < -0.3 is 10.4 Å². The summed E-state index contributed by atoms with van der Waals surface area (Å²) in [6, 6.07) is 15.0. The van der Waals surface area contributed by atoms with Crippen LogP contribution in [0.4, 0.5) is 0 Å². The van der Waals surface area contributed by atoms with Crippen LogP contribution in [0, 0.1) is 0 Å². The zero-order valence-corrected chi connectivity index (χ0v) is 12.0. The summed E-state index contributed by atoms with van der Waals surface area (Å²) in [6.45, 7) is 0. The molecule has 19 heavy (non-hydrogen) atoms. The minimum absolute atomic E-state index is 0.0420. The molecule has 0 amide bonds. The lowest BCUT2D eigenvalue weighted by Crippen LogP contribution is -2.17. The van der Waals surface area contributed by atoms with Crippen molar-refractivity contribution in [2.24, 2.45) is 0 Å². The molecule has 0 saturated heterocycles. The Morgan fingerprint density at radius 2 is 1.84 bits per heavy atom. The minimum Gasteiger partial charge on any atom is -0.478 e. The first-order valence-corrected chi connectivity index (χ1v) is 6.67. The van der Waals surface area contributed by atoms with Crippen LogP contribution in [0.15, 0.2) is 53.0 Å². The predicted octanol–water partition coefficient (Wildman–Crippen LogP) is 3.46. The molecular weight excluding hydrogens is 306 g/mol. The van der Waals surface area contributed by atoms with Gasteiger partial charge in [0.05, 0.1) is 11.6 Å². The van der Waals surface area contributed by atoms with Crippen LogP contribution in [-0.4, -0.2) is 18.1 Å². The Morgan fingerprint density at radius 3 is 2.37 bits per heavy atom. The third kappa shape index (κ3) is 3.22. The van der Waals surface area contributed by atoms with Gasteiger partial charge in [0.2, 0.25) is 0 Å². The highest BCUT2D eigenvalue weighted by molar-refractivity contribution is 9.10. The summed E-state index contributed by atoms with van der Waals surface area (Å²) in [5.41, 5.74) is 2.46. The first-order chi connectivity index (χ1) is 9.11. The molecule has 2 rings (SSSR count). The lowest BCUT2D eigenvalue weighted by molar-refractivity contribution is 0.0697. The summed E-state index contributed by atoms with van der Waals surface area (Å²) < 4.78 is 1.02. The third-order valence-electron chi connectivity index (χ3n) is 2.96. The molecule has 0 bridgehead atoms. The molecule has 0 aliphatic rings. The van der Waals surface area contributed by atoms with E-state index in [9.17, 15) is 4.79 Å². The molecular formula is C15H14BrNO2. The second-order valence-electron chi connectivity index (χ2n) is 4.20. The van der Waals surface area contributed by atoms with E-state index in [2.05, 4.69) is 21.2 Å². The van der Waals surface area contributed by atoms with E-state index in [1.165, 1.54) is 0 Å². The Kier molecular flexibility index (Phi) is 4.35. The van der Waals surface area contributed by atoms with Crippen molar-refractivity contribution >= 4 is 21.9 Å². The number of carboxylic acids is 1. The number of carbonyl (C=O) groups is 1. The van der Waals surface area contributed by atoms with Gasteiger partial charge >= 0.3 is 5.97 Å². The Balaban J connectivity index is 2.34. The Bertz CT molecular complexity index is 581. The van der Waals surface area contributed by atoms with E-state index in [1.54, 1.807) is 12.1 Å². The topological polar surface area (TPSA) is 49.3 Å². The van der Waals surface area contributed by atoms with Crippen molar-refractivity contribution in [3.8, 4) is 0 Å². The highest BCUT2D eigenvalue weighted by Gasteiger charge is 2.12. The van der Waals surface area contributed by atoms with Crippen LogP contribution in [0.25, 0.3) is 0 Å². The fraction of sp³-hybridized carbons (Fsp3) is 0.133. The van der Waals surface area contributed by atoms with Crippen LogP contribution in [0.5, 0.6) is 0 Å². The number of carboxylic acid groups (broad SMARTS) is 1. The van der Waals surface area contributed by atoms with E-state index in [4.69, 9.17) is 5.11 Å². The number of nitrogens with one attached hydrogen (secondary N) is 1. The first kappa shape index (κ1) is 13.8. The summed E-state index contributed by atoms with van der Waals surface area (Å²) in [5, 5.41) is 12.1. The van der Waals surface area contributed by atoms with Gasteiger partial charge in [0.1, 0.15) is 0 Å². The van der Waals surface area contributed by atoms with Gasteiger partial charge in [-0.2, -0.15) is 0 Å². The fourth-order valence-corrected chi connectivity index (χ4v) is 2.45. The quantitative estimate of drug-likeness (QED) is 0.907. The Hall–Kier alpha value is -1.65. The van der Waals surface area contributed by atoms with Crippen LogP contribution in [0.2, 0.25) is 0 Å². The van der Waals surface area contributed by atoms with E-state index in [0.717, 1.165) is 15.6 Å². The van der Waals surface area contributed by atoms with Crippen LogP contribution in [-0.2, 0) is 0 Å². The van der Waals surface area contributed by atoms with E-state index in [-0.39, 0.29) is 6.04 Å². The normalized spacial score (nSPS) is 12.1. The summed E-state index contributed by atoms with van der Waals surface area (Å²) in [6.07, 6.45) is 0. The molecule has 0 radical (unpaired) electrons. The molecule has 2 aromatic carbocycles. The molecule has 3 nitrogen and oxygen atoms in total. The van der Waals surface area contributed by atoms with Crippen LogP contribution >= 0.6 is 15.9 Å². The van der Waals surface area contributed by atoms with E-state index in [0.29, 0.717) is 5.56 Å². The van der Waals surface area contributed by atoms with Crippen LogP contribution in [0.3, 0.4) is 0 Å². The molecule has 0 saturated carbocycles. The minimum atomic E-state index is -0.907. The summed E-state index contributed by atoms with van der Waals surface area (Å²) in [7, 11) is 1.89. The van der Waals surface area contributed by atoms with E-state index < -0.39 is 5.97 Å². The predicted molar refractivity (Wildman–Crippen MR) is 78.4 cm³/mol. The molecule has 0 aliphatic heterocycles. The molecule has 1 atom stereocenters. The number of aromatic carboxylic acids is 1. The molecule has 1 unspecified atom stereocenters. The lowest BCUT2D eigenvalue weighted by atomic mass is 9.98. The van der Waals surface area contributed by atoms with Gasteiger partial charge in [0, 0.05) is 4.47 Å². The number of hydrogen-bond donors (Lipinski definition) is 2. The molecule has 0 aromatic heterocycles. The smallest absolute Gasteiger partial charge is 0.335 e. The first-order valence-electron chi connectivity index (χ1n) is 5.88. The van der Waals surface area contributed by atoms with Crippen molar-refractivity contribution in [3.05, 3.63) is 69.7 Å². The van der Waals surface area contributed by atoms with Gasteiger partial charge in [-0.05, 0) is 42.4 Å². The second kappa shape index (κ2) is 5.99. The van der Waals surface area contributed by atoms with Crippen molar-refractivity contribution < 1.29 is 9.90 Å². The lowest BCUT2D eigenvalue weighted by Gasteiger charge is -2.17. The van der Waals surface area contributed by atoms with Gasteiger partial charge in [-0.3, -0.25) is 0 Å². The average molecular weight is 320 g/mol. The van der Waals surface area contributed by atoms with Gasteiger partial charge in [0.25, 0.3) is 0 Å².